The van der Waals surface area contributed by atoms with E-state index in [1.165, 1.54) is 12.1 Å². The second-order valence-corrected chi connectivity index (χ2v) is 3.80. The Balaban J connectivity index is 4.33. The number of hydrogen-bond acceptors (Lipinski definition) is 7. The average Bonchev–Trinajstić information content (AvgIpc) is 2.48. The molecule has 1 N–H and O–H groups in total. The number of unbranched alkanes of at least 4 members (excludes halogenated alkanes) is 1. The van der Waals surface area contributed by atoms with E-state index in [1.807, 2.05) is 19.4 Å². The average molecular weight is 308 g/mol. The molecule has 0 amide bonds. The highest BCUT2D eigenvalue weighted by Gasteiger charge is 2.15. The van der Waals surface area contributed by atoms with Gasteiger partial charge in [0.25, 0.3) is 0 Å². The lowest BCUT2D eigenvalue weighted by atomic mass is 10.3. The fourth-order valence-corrected chi connectivity index (χ4v) is 1.19. The highest BCUT2D eigenvalue weighted by molar-refractivity contribution is 4.40. The lowest BCUT2D eigenvalue weighted by molar-refractivity contribution is -0.719. The Hall–Kier alpha value is -1.88. The van der Waals surface area contributed by atoms with E-state index in [-0.39, 0.29) is 11.5 Å². The monoisotopic (exact) mass is 308 g/mol. The lowest BCUT2D eigenvalue weighted by Gasteiger charge is -2.16. The predicted octanol–water partition coefficient (Wildman–Crippen LogP) is 1.27. The Labute approximate surface area is 123 Å². The molecular weight excluding hydrogens is 284 g/mol. The Morgan fingerprint density at radius 3 is 2.52 bits per heavy atom. The topological polar surface area (TPSA) is 120 Å². The van der Waals surface area contributed by atoms with Crippen molar-refractivity contribution in [3.63, 3.8) is 0 Å². The van der Waals surface area contributed by atoms with Gasteiger partial charge in [-0.2, -0.15) is 0 Å². The van der Waals surface area contributed by atoms with Gasteiger partial charge < -0.3 is 15.2 Å². The number of nitrogens with zero attached hydrogens (tertiary/aromatic N) is 5. The van der Waals surface area contributed by atoms with Crippen LogP contribution in [0.15, 0.2) is 10.4 Å². The molecule has 0 aliphatic heterocycles. The molecule has 21 heavy (non-hydrogen) atoms. The molecule has 0 heterocycles. The van der Waals surface area contributed by atoms with Gasteiger partial charge in [0.15, 0.2) is 0 Å². The second kappa shape index (κ2) is 11.9. The lowest BCUT2D eigenvalue weighted by Crippen LogP contribution is -2.34. The molecule has 0 saturated carbocycles. The summed E-state index contributed by atoms with van der Waals surface area (Å²) in [4.78, 5) is 9.84. The Bertz CT molecular complexity index is 327. The number of methoxy groups -OCH3 is 1. The Morgan fingerprint density at radius 2 is 2.00 bits per heavy atom. The maximum atomic E-state index is 11.7. The third-order valence-electron chi connectivity index (χ3n) is 2.27. The van der Waals surface area contributed by atoms with Crippen LogP contribution in [-0.4, -0.2) is 48.2 Å². The molecule has 0 saturated heterocycles. The van der Waals surface area contributed by atoms with Crippen LogP contribution in [0.3, 0.4) is 0 Å². The van der Waals surface area contributed by atoms with Crippen molar-refractivity contribution in [2.24, 2.45) is 10.4 Å². The van der Waals surface area contributed by atoms with Crippen molar-refractivity contribution in [1.82, 2.24) is 10.6 Å². The fraction of sp³-hybridized carbons (Fsp3) is 1.00. The van der Waals surface area contributed by atoms with Crippen LogP contribution in [0.1, 0.15) is 33.6 Å². The largest absolute Gasteiger partial charge is 0.570 e. The third kappa shape index (κ3) is 8.81. The highest BCUT2D eigenvalue weighted by atomic mass is 17.0. The highest BCUT2D eigenvalue weighted by Crippen LogP contribution is 1.99. The first-order chi connectivity index (χ1) is 10.1. The van der Waals surface area contributed by atoms with Gasteiger partial charge in [-0.1, -0.05) is 13.3 Å². The SMILES string of the molecule is CCCCN(CC)[N+]([O-])=NOC(OC)ON[N+]([O-])=NCC. The molecule has 11 nitrogen and oxygen atoms in total. The van der Waals surface area contributed by atoms with Gasteiger partial charge >= 0.3 is 6.48 Å². The summed E-state index contributed by atoms with van der Waals surface area (Å²) in [6.45, 7) is 5.48. The molecule has 0 fully saturated rings. The Morgan fingerprint density at radius 1 is 1.29 bits per heavy atom. The summed E-state index contributed by atoms with van der Waals surface area (Å²) in [5.74, 6) is 0. The zero-order valence-electron chi connectivity index (χ0n) is 12.9. The van der Waals surface area contributed by atoms with Crippen LogP contribution in [0, 0.1) is 10.4 Å². The van der Waals surface area contributed by atoms with Crippen molar-refractivity contribution in [3.05, 3.63) is 10.4 Å². The van der Waals surface area contributed by atoms with E-state index in [1.54, 1.807) is 6.92 Å². The van der Waals surface area contributed by atoms with Gasteiger partial charge in [0.05, 0.1) is 23.0 Å². The molecule has 0 radical (unpaired) electrons. The summed E-state index contributed by atoms with van der Waals surface area (Å²) in [6, 6.07) is 0. The molecule has 0 rings (SSSR count). The number of rotatable bonds is 12. The summed E-state index contributed by atoms with van der Waals surface area (Å²) in [6.07, 6.45) is 1.82. The molecule has 0 aliphatic rings. The van der Waals surface area contributed by atoms with Gasteiger partial charge in [-0.15, -0.1) is 9.85 Å². The van der Waals surface area contributed by atoms with Gasteiger partial charge in [0.2, 0.25) is 5.28 Å². The van der Waals surface area contributed by atoms with E-state index in [4.69, 9.17) is 14.4 Å². The molecule has 124 valence electrons. The molecule has 1 unspecified atom stereocenters. The van der Waals surface area contributed by atoms with Crippen LogP contribution >= 0.6 is 0 Å². The van der Waals surface area contributed by atoms with E-state index in [0.717, 1.165) is 12.8 Å². The number of ether oxygens (including phenoxy) is 1. The fourth-order valence-electron chi connectivity index (χ4n) is 1.19. The van der Waals surface area contributed by atoms with Crippen molar-refractivity contribution in [1.29, 1.82) is 0 Å². The summed E-state index contributed by atoms with van der Waals surface area (Å²) in [5.41, 5.74) is 1.90. The maximum Gasteiger partial charge on any atom is 0.370 e. The number of hydrogen-bond donors (Lipinski definition) is 1. The Kier molecular flexibility index (Phi) is 10.8. The quantitative estimate of drug-likeness (QED) is 0.249. The van der Waals surface area contributed by atoms with Crippen molar-refractivity contribution in [2.45, 2.75) is 40.1 Å². The molecule has 0 spiro atoms. The van der Waals surface area contributed by atoms with E-state index >= 15 is 0 Å². The standard InChI is InChI=1S/C10H24N6O5/c1-5-8-9-14(7-3)16(18)13-21-10(19-4)20-12-15(17)11-6-2/h10H,5-9H2,1-4H3,(H,11,12). The minimum atomic E-state index is -1.37. The van der Waals surface area contributed by atoms with E-state index < -0.39 is 6.48 Å². The summed E-state index contributed by atoms with van der Waals surface area (Å²) in [5, 5.41) is 30.8. The number of hydrazine groups is 2. The van der Waals surface area contributed by atoms with Gasteiger partial charge in [0, 0.05) is 12.2 Å². The van der Waals surface area contributed by atoms with Crippen molar-refractivity contribution >= 4 is 0 Å². The van der Waals surface area contributed by atoms with Crippen molar-refractivity contribution in [3.8, 4) is 0 Å². The van der Waals surface area contributed by atoms with Crippen LogP contribution < -0.4 is 5.59 Å². The molecule has 0 aromatic heterocycles. The molecule has 11 heteroatoms. The molecule has 1 atom stereocenters. The van der Waals surface area contributed by atoms with Crippen LogP contribution in [0.5, 0.6) is 0 Å². The summed E-state index contributed by atoms with van der Waals surface area (Å²) >= 11 is 0. The second-order valence-electron chi connectivity index (χ2n) is 3.80. The first-order valence-electron chi connectivity index (χ1n) is 6.76. The van der Waals surface area contributed by atoms with Crippen LogP contribution in [0.25, 0.3) is 0 Å². The number of nitrogens with one attached hydrogen (secondary N) is 1. The first kappa shape index (κ1) is 19.1. The van der Waals surface area contributed by atoms with Gasteiger partial charge in [-0.3, -0.25) is 4.84 Å². The minimum absolute atomic E-state index is 0.101. The first-order valence-corrected chi connectivity index (χ1v) is 6.76. The van der Waals surface area contributed by atoms with E-state index in [2.05, 4.69) is 10.4 Å². The summed E-state index contributed by atoms with van der Waals surface area (Å²) < 4.78 is 4.73. The smallest absolute Gasteiger partial charge is 0.370 e. The molecule has 0 bridgehead atoms. The van der Waals surface area contributed by atoms with E-state index in [9.17, 15) is 10.4 Å². The minimum Gasteiger partial charge on any atom is -0.570 e. The molecule has 0 aromatic carbocycles. The predicted molar refractivity (Wildman–Crippen MR) is 70.9 cm³/mol. The summed E-state index contributed by atoms with van der Waals surface area (Å²) in [7, 11) is 1.26. The van der Waals surface area contributed by atoms with Gasteiger partial charge in [-0.25, -0.2) is 0 Å². The third-order valence-corrected chi connectivity index (χ3v) is 2.27. The zero-order chi connectivity index (χ0) is 16.1. The van der Waals surface area contributed by atoms with Crippen LogP contribution in [0.4, 0.5) is 0 Å². The zero-order valence-corrected chi connectivity index (χ0v) is 12.9. The van der Waals surface area contributed by atoms with Crippen molar-refractivity contribution in [2.75, 3.05) is 26.7 Å². The normalized spacial score (nSPS) is 13.9. The molecule has 0 aromatic rings. The van der Waals surface area contributed by atoms with E-state index in [0.29, 0.717) is 18.1 Å². The molecule has 0 aliphatic carbocycles. The maximum absolute atomic E-state index is 11.7. The van der Waals surface area contributed by atoms with Gasteiger partial charge in [-0.05, 0) is 25.9 Å². The van der Waals surface area contributed by atoms with Gasteiger partial charge in [0.1, 0.15) is 6.54 Å². The molecular formula is C10H24N6O5. The van der Waals surface area contributed by atoms with Crippen LogP contribution in [0.2, 0.25) is 0 Å². The van der Waals surface area contributed by atoms with Crippen molar-refractivity contribution < 1.29 is 24.4 Å². The van der Waals surface area contributed by atoms with Crippen LogP contribution in [-0.2, 0) is 14.4 Å².